The molecule has 0 fully saturated rings. The summed E-state index contributed by atoms with van der Waals surface area (Å²) in [5.41, 5.74) is 4.89. The van der Waals surface area contributed by atoms with E-state index in [2.05, 4.69) is 17.0 Å². The molecule has 28 heavy (non-hydrogen) atoms. The molecule has 0 aliphatic heterocycles. The number of fused-ring (bicyclic) bond motifs is 1. The normalized spacial score (nSPS) is 11.2. The molecule has 0 bridgehead atoms. The van der Waals surface area contributed by atoms with Crippen molar-refractivity contribution < 1.29 is 4.79 Å². The molecule has 0 radical (unpaired) electrons. The van der Waals surface area contributed by atoms with Gasteiger partial charge in [-0.2, -0.15) is 0 Å². The van der Waals surface area contributed by atoms with Gasteiger partial charge in [0.05, 0.1) is 24.1 Å². The van der Waals surface area contributed by atoms with Crippen LogP contribution in [0.15, 0.2) is 78.9 Å². The maximum atomic E-state index is 13.0. The van der Waals surface area contributed by atoms with E-state index in [-0.39, 0.29) is 12.3 Å². The summed E-state index contributed by atoms with van der Waals surface area (Å²) in [5, 5.41) is 0. The predicted molar refractivity (Wildman–Crippen MR) is 113 cm³/mol. The second-order valence-electron chi connectivity index (χ2n) is 7.21. The highest BCUT2D eigenvalue weighted by Crippen LogP contribution is 2.21. The van der Waals surface area contributed by atoms with E-state index in [1.807, 2.05) is 85.4 Å². The maximum Gasteiger partial charge on any atom is 0.182 e. The molecule has 1 heterocycles. The molecule has 4 aromatic rings. The zero-order valence-corrected chi connectivity index (χ0v) is 16.2. The molecule has 4 heteroatoms. The Balaban J connectivity index is 1.61. The Morgan fingerprint density at radius 3 is 2.21 bits per heavy atom. The number of ketones is 1. The topological polar surface area (TPSA) is 38.1 Å². The van der Waals surface area contributed by atoms with Crippen LogP contribution in [0.25, 0.3) is 22.2 Å². The van der Waals surface area contributed by atoms with Crippen molar-refractivity contribution in [3.05, 3.63) is 90.3 Å². The molecule has 3 aromatic carbocycles. The zero-order valence-electron chi connectivity index (χ0n) is 16.2. The first kappa shape index (κ1) is 18.1. The average Bonchev–Trinajstić information content (AvgIpc) is 3.05. The van der Waals surface area contributed by atoms with Crippen molar-refractivity contribution in [2.75, 3.05) is 14.1 Å². The fourth-order valence-corrected chi connectivity index (χ4v) is 3.42. The van der Waals surface area contributed by atoms with E-state index >= 15 is 0 Å². The quantitative estimate of drug-likeness (QED) is 0.465. The Kier molecular flexibility index (Phi) is 5.04. The molecule has 140 valence electrons. The van der Waals surface area contributed by atoms with Gasteiger partial charge in [-0.15, -0.1) is 0 Å². The number of nitrogens with zero attached hydrogens (tertiary/aromatic N) is 3. The van der Waals surface area contributed by atoms with Crippen molar-refractivity contribution in [2.24, 2.45) is 0 Å². The van der Waals surface area contributed by atoms with Gasteiger partial charge in [0.1, 0.15) is 5.82 Å². The van der Waals surface area contributed by atoms with Crippen molar-refractivity contribution in [1.29, 1.82) is 0 Å². The molecule has 1 aromatic heterocycles. The summed E-state index contributed by atoms with van der Waals surface area (Å²) in [5.74, 6) is 0.989. The number of para-hydroxylation sites is 2. The molecule has 0 N–H and O–H groups in total. The summed E-state index contributed by atoms with van der Waals surface area (Å²) in [6, 6.07) is 26.0. The Labute approximate surface area is 165 Å². The molecule has 0 unspecified atom stereocenters. The van der Waals surface area contributed by atoms with Crippen LogP contribution >= 0.6 is 0 Å². The molecule has 0 aliphatic rings. The van der Waals surface area contributed by atoms with Gasteiger partial charge >= 0.3 is 0 Å². The van der Waals surface area contributed by atoms with Crippen molar-refractivity contribution in [3.8, 4) is 11.1 Å². The number of hydrogen-bond donors (Lipinski definition) is 0. The van der Waals surface area contributed by atoms with Gasteiger partial charge in [-0.25, -0.2) is 4.98 Å². The highest BCUT2D eigenvalue weighted by Gasteiger charge is 2.15. The lowest BCUT2D eigenvalue weighted by molar-refractivity contribution is 0.0971. The van der Waals surface area contributed by atoms with Crippen LogP contribution in [0, 0.1) is 0 Å². The second-order valence-corrected chi connectivity index (χ2v) is 7.21. The molecule has 0 atom stereocenters. The number of carbonyl (C=O) groups excluding carboxylic acids is 1. The van der Waals surface area contributed by atoms with Crippen LogP contribution in [0.5, 0.6) is 0 Å². The Morgan fingerprint density at radius 1 is 0.857 bits per heavy atom. The van der Waals surface area contributed by atoms with Gasteiger partial charge in [-0.3, -0.25) is 4.79 Å². The molecule has 0 amide bonds. The van der Waals surface area contributed by atoms with Gasteiger partial charge in [0.2, 0.25) is 0 Å². The highest BCUT2D eigenvalue weighted by molar-refractivity contribution is 5.97. The third-order valence-corrected chi connectivity index (χ3v) is 4.81. The lowest BCUT2D eigenvalue weighted by Crippen LogP contribution is -2.18. The summed E-state index contributed by atoms with van der Waals surface area (Å²) >= 11 is 0. The lowest BCUT2D eigenvalue weighted by atomic mass is 10.0. The van der Waals surface area contributed by atoms with Gasteiger partial charge < -0.3 is 9.47 Å². The SMILES string of the molecule is CN(C)Cc1nc2ccccc2n1CC(=O)c1ccc(-c2ccccc2)cc1. The molecule has 0 spiro atoms. The van der Waals surface area contributed by atoms with Crippen LogP contribution in [0.3, 0.4) is 0 Å². The first-order chi connectivity index (χ1) is 13.6. The van der Waals surface area contributed by atoms with E-state index in [0.717, 1.165) is 28.0 Å². The van der Waals surface area contributed by atoms with E-state index in [1.165, 1.54) is 0 Å². The van der Waals surface area contributed by atoms with Gasteiger partial charge in [0.25, 0.3) is 0 Å². The minimum atomic E-state index is 0.0859. The van der Waals surface area contributed by atoms with Crippen molar-refractivity contribution in [3.63, 3.8) is 0 Å². The van der Waals surface area contributed by atoms with E-state index < -0.39 is 0 Å². The lowest BCUT2D eigenvalue weighted by Gasteiger charge is -2.12. The molecule has 0 aliphatic carbocycles. The number of hydrogen-bond acceptors (Lipinski definition) is 3. The third-order valence-electron chi connectivity index (χ3n) is 4.81. The minimum Gasteiger partial charge on any atom is -0.319 e. The summed E-state index contributed by atoms with van der Waals surface area (Å²) < 4.78 is 2.03. The highest BCUT2D eigenvalue weighted by atomic mass is 16.1. The van der Waals surface area contributed by atoms with E-state index in [0.29, 0.717) is 12.1 Å². The molecule has 0 saturated carbocycles. The summed E-state index contributed by atoms with van der Waals surface area (Å²) in [6.07, 6.45) is 0. The van der Waals surface area contributed by atoms with Gasteiger partial charge in [0.15, 0.2) is 5.78 Å². The van der Waals surface area contributed by atoms with Crippen molar-refractivity contribution >= 4 is 16.8 Å². The van der Waals surface area contributed by atoms with E-state index in [1.54, 1.807) is 0 Å². The third kappa shape index (κ3) is 3.73. The Hall–Kier alpha value is -3.24. The number of Topliss-reactive ketones (excluding diaryl/α,β-unsaturated/α-hetero) is 1. The standard InChI is InChI=1S/C24H23N3O/c1-26(2)17-24-25-21-10-6-7-11-22(21)27(24)16-23(28)20-14-12-19(13-15-20)18-8-4-3-5-9-18/h3-15H,16-17H2,1-2H3. The molecule has 4 rings (SSSR count). The fraction of sp³-hybridized carbons (Fsp3) is 0.167. The molecule has 4 nitrogen and oxygen atoms in total. The summed E-state index contributed by atoms with van der Waals surface area (Å²) in [7, 11) is 4.02. The van der Waals surface area contributed by atoms with Crippen LogP contribution in [-0.4, -0.2) is 34.3 Å². The first-order valence-corrected chi connectivity index (χ1v) is 9.39. The Bertz CT molecular complexity index is 1100. The molecule has 0 saturated heterocycles. The number of rotatable bonds is 6. The fourth-order valence-electron chi connectivity index (χ4n) is 3.42. The molecular weight excluding hydrogens is 346 g/mol. The van der Waals surface area contributed by atoms with Crippen LogP contribution in [0.1, 0.15) is 16.2 Å². The van der Waals surface area contributed by atoms with Gasteiger partial charge in [-0.05, 0) is 37.4 Å². The Morgan fingerprint density at radius 2 is 1.50 bits per heavy atom. The van der Waals surface area contributed by atoms with Gasteiger partial charge in [0, 0.05) is 5.56 Å². The molecular formula is C24H23N3O. The first-order valence-electron chi connectivity index (χ1n) is 9.39. The van der Waals surface area contributed by atoms with Crippen molar-refractivity contribution in [2.45, 2.75) is 13.1 Å². The van der Waals surface area contributed by atoms with Gasteiger partial charge in [-0.1, -0.05) is 66.7 Å². The maximum absolute atomic E-state index is 13.0. The average molecular weight is 369 g/mol. The number of imidazole rings is 1. The minimum absolute atomic E-state index is 0.0859. The number of carbonyl (C=O) groups is 1. The van der Waals surface area contributed by atoms with Crippen molar-refractivity contribution in [1.82, 2.24) is 14.5 Å². The predicted octanol–water partition coefficient (Wildman–Crippen LogP) is 4.65. The monoisotopic (exact) mass is 369 g/mol. The van der Waals surface area contributed by atoms with E-state index in [4.69, 9.17) is 4.98 Å². The van der Waals surface area contributed by atoms with Crippen LogP contribution < -0.4 is 0 Å². The number of aromatic nitrogens is 2. The summed E-state index contributed by atoms with van der Waals surface area (Å²) in [6.45, 7) is 0.975. The zero-order chi connectivity index (χ0) is 19.5. The van der Waals surface area contributed by atoms with Crippen LogP contribution in [0.2, 0.25) is 0 Å². The second kappa shape index (κ2) is 7.79. The number of benzene rings is 3. The van der Waals surface area contributed by atoms with Crippen LogP contribution in [-0.2, 0) is 13.1 Å². The smallest absolute Gasteiger partial charge is 0.182 e. The van der Waals surface area contributed by atoms with Crippen LogP contribution in [0.4, 0.5) is 0 Å². The van der Waals surface area contributed by atoms with E-state index in [9.17, 15) is 4.79 Å². The summed E-state index contributed by atoms with van der Waals surface area (Å²) in [4.78, 5) is 19.8. The largest absolute Gasteiger partial charge is 0.319 e.